The quantitative estimate of drug-likeness (QED) is 0.733. The van der Waals surface area contributed by atoms with Crippen LogP contribution in [-0.2, 0) is 11.3 Å². The highest BCUT2D eigenvalue weighted by Gasteiger charge is 2.30. The van der Waals surface area contributed by atoms with Crippen molar-refractivity contribution >= 4 is 23.5 Å². The molecule has 7 nitrogen and oxygen atoms in total. The average Bonchev–Trinajstić information content (AvgIpc) is 2.96. The number of rotatable bonds is 6. The van der Waals surface area contributed by atoms with Gasteiger partial charge in [-0.3, -0.25) is 9.48 Å². The van der Waals surface area contributed by atoms with E-state index in [0.717, 1.165) is 12.5 Å². The van der Waals surface area contributed by atoms with Crippen LogP contribution in [-0.4, -0.2) is 44.0 Å². The topological polar surface area (TPSA) is 104 Å². The number of hydrogen-bond donors (Lipinski definition) is 3. The smallest absolute Gasteiger partial charge is 0.337 e. The van der Waals surface area contributed by atoms with Gasteiger partial charge >= 0.3 is 5.97 Å². The fraction of sp³-hybridized carbons (Fsp3) is 0.267. The fourth-order valence-electron chi connectivity index (χ4n) is 1.80. The predicted molar refractivity (Wildman–Crippen MR) is 83.4 cm³/mol. The summed E-state index contributed by atoms with van der Waals surface area (Å²) in [5.41, 5.74) is -0.903. The Morgan fingerprint density at radius 1 is 1.39 bits per heavy atom. The molecule has 1 atom stereocenters. The Hall–Kier alpha value is -2.38. The van der Waals surface area contributed by atoms with Gasteiger partial charge in [0.2, 0.25) is 0 Å². The Morgan fingerprint density at radius 2 is 2.09 bits per heavy atom. The van der Waals surface area contributed by atoms with Gasteiger partial charge in [-0.15, -0.1) is 0 Å². The zero-order valence-corrected chi connectivity index (χ0v) is 13.1. The number of amides is 1. The average molecular weight is 338 g/mol. The Bertz CT molecular complexity index is 727. The van der Waals surface area contributed by atoms with E-state index < -0.39 is 24.0 Å². The van der Waals surface area contributed by atoms with Crippen LogP contribution in [0.5, 0.6) is 0 Å². The van der Waals surface area contributed by atoms with Crippen LogP contribution in [0.25, 0.3) is 0 Å². The summed E-state index contributed by atoms with van der Waals surface area (Å²) < 4.78 is 1.55. The molecule has 0 spiro atoms. The first-order valence-corrected chi connectivity index (χ1v) is 7.17. The number of nitrogens with one attached hydrogen (secondary N) is 1. The van der Waals surface area contributed by atoms with Crippen molar-refractivity contribution in [1.29, 1.82) is 0 Å². The molecule has 8 heteroatoms. The van der Waals surface area contributed by atoms with Crippen LogP contribution in [0.15, 0.2) is 36.7 Å². The van der Waals surface area contributed by atoms with Gasteiger partial charge in [0.1, 0.15) is 0 Å². The fourth-order valence-corrected chi connectivity index (χ4v) is 1.99. The van der Waals surface area contributed by atoms with Crippen LogP contribution >= 0.6 is 11.6 Å². The molecule has 1 amide bonds. The summed E-state index contributed by atoms with van der Waals surface area (Å²) in [4.78, 5) is 22.7. The zero-order valence-electron chi connectivity index (χ0n) is 12.4. The molecule has 1 aromatic heterocycles. The van der Waals surface area contributed by atoms with E-state index in [-0.39, 0.29) is 5.56 Å². The molecule has 1 unspecified atom stereocenters. The number of aliphatic carboxylic acids is 1. The third-order valence-electron chi connectivity index (χ3n) is 3.24. The summed E-state index contributed by atoms with van der Waals surface area (Å²) >= 11 is 6.07. The number of carbonyl (C=O) groups excluding carboxylic acids is 1. The highest BCUT2D eigenvalue weighted by Crippen LogP contribution is 2.16. The summed E-state index contributed by atoms with van der Waals surface area (Å²) in [6, 6.07) is 7.30. The lowest BCUT2D eigenvalue weighted by Gasteiger charge is -2.17. The zero-order chi connectivity index (χ0) is 17.0. The molecule has 0 aliphatic carbocycles. The van der Waals surface area contributed by atoms with E-state index in [1.54, 1.807) is 10.7 Å². The van der Waals surface area contributed by atoms with Crippen LogP contribution in [0.1, 0.15) is 22.8 Å². The van der Waals surface area contributed by atoms with E-state index in [2.05, 4.69) is 10.4 Å². The van der Waals surface area contributed by atoms with E-state index in [9.17, 15) is 14.7 Å². The molecule has 1 heterocycles. The summed E-state index contributed by atoms with van der Waals surface area (Å²) in [7, 11) is 0. The molecule has 0 radical (unpaired) electrons. The van der Waals surface area contributed by atoms with Gasteiger partial charge in [-0.25, -0.2) is 4.79 Å². The van der Waals surface area contributed by atoms with Crippen molar-refractivity contribution in [2.45, 2.75) is 19.1 Å². The minimum Gasteiger partial charge on any atom is -0.479 e. The third kappa shape index (κ3) is 4.30. The van der Waals surface area contributed by atoms with Crippen molar-refractivity contribution in [1.82, 2.24) is 15.1 Å². The Kier molecular flexibility index (Phi) is 5.02. The lowest BCUT2D eigenvalue weighted by atomic mass is 10.1. The number of carboxylic acids is 1. The molecule has 122 valence electrons. The Balaban J connectivity index is 2.00. The number of nitrogens with zero attached hydrogens (tertiary/aromatic N) is 2. The van der Waals surface area contributed by atoms with Crippen molar-refractivity contribution < 1.29 is 19.8 Å². The van der Waals surface area contributed by atoms with Crippen LogP contribution in [0.2, 0.25) is 5.02 Å². The molecule has 0 aliphatic rings. The third-order valence-corrected chi connectivity index (χ3v) is 3.61. The lowest BCUT2D eigenvalue weighted by Crippen LogP contribution is -2.46. The number of halogens is 1. The second kappa shape index (κ2) is 6.80. The first-order chi connectivity index (χ1) is 10.8. The number of carboxylic acid groups (broad SMARTS) is 1. The molecule has 2 rings (SSSR count). The maximum Gasteiger partial charge on any atom is 0.337 e. The number of benzene rings is 1. The summed E-state index contributed by atoms with van der Waals surface area (Å²) in [5.74, 6) is -1.93. The standard InChI is InChI=1S/C15H16ClN3O4/c1-15(23,14(21)22)9-17-13(20)11-6-18-19(8-11)7-10-4-2-3-5-12(10)16/h2-6,8,23H,7,9H2,1H3,(H,17,20)(H,21,22). The number of aliphatic hydroxyl groups is 1. The van der Waals surface area contributed by atoms with E-state index in [0.29, 0.717) is 11.6 Å². The molecule has 1 aromatic carbocycles. The molecule has 2 aromatic rings. The molecular formula is C15H16ClN3O4. The van der Waals surface area contributed by atoms with Gasteiger partial charge in [-0.2, -0.15) is 5.10 Å². The van der Waals surface area contributed by atoms with Gasteiger partial charge in [0, 0.05) is 11.2 Å². The lowest BCUT2D eigenvalue weighted by molar-refractivity contribution is -0.155. The molecule has 0 saturated carbocycles. The summed E-state index contributed by atoms with van der Waals surface area (Å²) in [6.45, 7) is 1.10. The first kappa shape index (κ1) is 17.0. The van der Waals surface area contributed by atoms with Gasteiger partial charge in [-0.05, 0) is 18.6 Å². The second-order valence-corrected chi connectivity index (χ2v) is 5.69. The Morgan fingerprint density at radius 3 is 2.74 bits per heavy atom. The maximum atomic E-state index is 12.0. The van der Waals surface area contributed by atoms with Crippen molar-refractivity contribution in [3.63, 3.8) is 0 Å². The van der Waals surface area contributed by atoms with E-state index in [1.165, 1.54) is 12.4 Å². The predicted octanol–water partition coefficient (Wildman–Crippen LogP) is 1.15. The summed E-state index contributed by atoms with van der Waals surface area (Å²) in [6.07, 6.45) is 2.88. The van der Waals surface area contributed by atoms with E-state index in [4.69, 9.17) is 16.7 Å². The molecule has 0 bridgehead atoms. The normalized spacial score (nSPS) is 13.3. The van der Waals surface area contributed by atoms with Crippen molar-refractivity contribution in [2.24, 2.45) is 0 Å². The Labute approximate surface area is 137 Å². The van der Waals surface area contributed by atoms with E-state index >= 15 is 0 Å². The SMILES string of the molecule is CC(O)(CNC(=O)c1cnn(Cc2ccccc2Cl)c1)C(=O)O. The minimum atomic E-state index is -2.02. The van der Waals surface area contributed by atoms with Gasteiger partial charge in [-0.1, -0.05) is 29.8 Å². The first-order valence-electron chi connectivity index (χ1n) is 6.79. The monoisotopic (exact) mass is 337 g/mol. The van der Waals surface area contributed by atoms with Gasteiger partial charge < -0.3 is 15.5 Å². The second-order valence-electron chi connectivity index (χ2n) is 5.28. The highest BCUT2D eigenvalue weighted by molar-refractivity contribution is 6.31. The molecule has 23 heavy (non-hydrogen) atoms. The molecular weight excluding hydrogens is 322 g/mol. The molecule has 0 aliphatic heterocycles. The highest BCUT2D eigenvalue weighted by atomic mass is 35.5. The number of carbonyl (C=O) groups is 2. The molecule has 0 saturated heterocycles. The largest absolute Gasteiger partial charge is 0.479 e. The van der Waals surface area contributed by atoms with Crippen LogP contribution in [0, 0.1) is 0 Å². The van der Waals surface area contributed by atoms with Crippen molar-refractivity contribution in [3.05, 3.63) is 52.8 Å². The van der Waals surface area contributed by atoms with Crippen LogP contribution < -0.4 is 5.32 Å². The van der Waals surface area contributed by atoms with E-state index in [1.807, 2.05) is 18.2 Å². The van der Waals surface area contributed by atoms with Crippen LogP contribution in [0.3, 0.4) is 0 Å². The van der Waals surface area contributed by atoms with Crippen molar-refractivity contribution in [2.75, 3.05) is 6.54 Å². The van der Waals surface area contributed by atoms with Gasteiger partial charge in [0.25, 0.3) is 5.91 Å². The molecule has 3 N–H and O–H groups in total. The molecule has 0 fully saturated rings. The number of aromatic nitrogens is 2. The summed E-state index contributed by atoms with van der Waals surface area (Å²) in [5, 5.41) is 25.4. The van der Waals surface area contributed by atoms with Crippen molar-refractivity contribution in [3.8, 4) is 0 Å². The van der Waals surface area contributed by atoms with Crippen LogP contribution in [0.4, 0.5) is 0 Å². The minimum absolute atomic E-state index is 0.262. The number of hydrogen-bond acceptors (Lipinski definition) is 4. The van der Waals surface area contributed by atoms with Gasteiger partial charge in [0.15, 0.2) is 5.60 Å². The maximum absolute atomic E-state index is 12.0. The van der Waals surface area contributed by atoms with Gasteiger partial charge in [0.05, 0.1) is 24.8 Å².